The molecule has 1 amide bonds. The molecule has 0 aliphatic carbocycles. The number of nitrogens with zero attached hydrogens (tertiary/aromatic N) is 4. The second kappa shape index (κ2) is 6.74. The van der Waals surface area contributed by atoms with Gasteiger partial charge in [-0.25, -0.2) is 4.39 Å². The van der Waals surface area contributed by atoms with Crippen LogP contribution in [0.15, 0.2) is 24.3 Å². The molecule has 0 radical (unpaired) electrons. The lowest BCUT2D eigenvalue weighted by molar-refractivity contribution is 0.102. The number of aryl methyl sites for hydroxylation is 3. The highest BCUT2D eigenvalue weighted by Crippen LogP contribution is 2.23. The topological polar surface area (TPSA) is 64.7 Å². The Hall–Kier alpha value is -2.96. The first-order valence-electron chi connectivity index (χ1n) is 8.38. The Morgan fingerprint density at radius 2 is 1.85 bits per heavy atom. The van der Waals surface area contributed by atoms with Crippen LogP contribution in [0.2, 0.25) is 0 Å². The number of benzene rings is 1. The van der Waals surface area contributed by atoms with E-state index in [2.05, 4.69) is 15.5 Å². The van der Waals surface area contributed by atoms with E-state index in [0.717, 1.165) is 17.0 Å². The summed E-state index contributed by atoms with van der Waals surface area (Å²) in [6.45, 7) is 7.84. The Morgan fingerprint density at radius 1 is 1.12 bits per heavy atom. The van der Waals surface area contributed by atoms with Crippen molar-refractivity contribution in [3.8, 4) is 0 Å². The fourth-order valence-electron chi connectivity index (χ4n) is 3.12. The van der Waals surface area contributed by atoms with E-state index in [9.17, 15) is 9.18 Å². The molecule has 3 aromatic rings. The fraction of sp³-hybridized carbons (Fsp3) is 0.316. The van der Waals surface area contributed by atoms with Crippen LogP contribution >= 0.6 is 0 Å². The third-order valence-electron chi connectivity index (χ3n) is 4.58. The quantitative estimate of drug-likeness (QED) is 0.781. The Morgan fingerprint density at radius 3 is 2.46 bits per heavy atom. The van der Waals surface area contributed by atoms with E-state index < -0.39 is 0 Å². The number of rotatable bonds is 4. The Balaban J connectivity index is 1.87. The largest absolute Gasteiger partial charge is 0.319 e. The maximum Gasteiger partial charge on any atom is 0.259 e. The summed E-state index contributed by atoms with van der Waals surface area (Å²) in [5.74, 6) is -0.482. The predicted octanol–water partition coefficient (Wildman–Crippen LogP) is 3.29. The van der Waals surface area contributed by atoms with Crippen LogP contribution in [0.3, 0.4) is 0 Å². The zero-order valence-corrected chi connectivity index (χ0v) is 15.6. The molecule has 0 unspecified atom stereocenters. The summed E-state index contributed by atoms with van der Waals surface area (Å²) >= 11 is 0. The van der Waals surface area contributed by atoms with Crippen molar-refractivity contribution in [2.75, 3.05) is 5.32 Å². The third-order valence-corrected chi connectivity index (χ3v) is 4.58. The SMILES string of the molecule is Cc1nn(Cc2cccc(F)c2)c(C)c1NC(=O)c1c(C)nn(C)c1C. The molecule has 0 saturated carbocycles. The normalized spacial score (nSPS) is 11.0. The molecule has 1 N–H and O–H groups in total. The van der Waals surface area contributed by atoms with Crippen LogP contribution in [-0.4, -0.2) is 25.5 Å². The molecular weight excluding hydrogens is 333 g/mol. The van der Waals surface area contributed by atoms with Crippen LogP contribution in [0, 0.1) is 33.5 Å². The van der Waals surface area contributed by atoms with Crippen molar-refractivity contribution in [3.05, 3.63) is 64.0 Å². The van der Waals surface area contributed by atoms with Crippen LogP contribution in [0.1, 0.15) is 38.7 Å². The van der Waals surface area contributed by atoms with Gasteiger partial charge in [0.1, 0.15) is 5.82 Å². The van der Waals surface area contributed by atoms with Gasteiger partial charge in [-0.1, -0.05) is 12.1 Å². The molecule has 2 heterocycles. The van der Waals surface area contributed by atoms with Crippen LogP contribution in [0.4, 0.5) is 10.1 Å². The maximum atomic E-state index is 13.4. The van der Waals surface area contributed by atoms with Gasteiger partial charge in [0.15, 0.2) is 0 Å². The van der Waals surface area contributed by atoms with Crippen molar-refractivity contribution in [3.63, 3.8) is 0 Å². The van der Waals surface area contributed by atoms with Crippen LogP contribution in [-0.2, 0) is 13.6 Å². The molecule has 3 rings (SSSR count). The lowest BCUT2D eigenvalue weighted by Crippen LogP contribution is -2.15. The number of anilines is 1. The second-order valence-corrected chi connectivity index (χ2v) is 6.46. The molecule has 26 heavy (non-hydrogen) atoms. The number of halogens is 1. The average molecular weight is 355 g/mol. The highest BCUT2D eigenvalue weighted by atomic mass is 19.1. The monoisotopic (exact) mass is 355 g/mol. The number of carbonyl (C=O) groups excluding carboxylic acids is 1. The number of nitrogens with one attached hydrogen (secondary N) is 1. The van der Waals surface area contributed by atoms with E-state index in [0.29, 0.717) is 29.2 Å². The minimum Gasteiger partial charge on any atom is -0.319 e. The van der Waals surface area contributed by atoms with Gasteiger partial charge in [-0.3, -0.25) is 14.2 Å². The molecule has 0 fully saturated rings. The van der Waals surface area contributed by atoms with E-state index in [1.165, 1.54) is 12.1 Å². The number of amides is 1. The van der Waals surface area contributed by atoms with Gasteiger partial charge in [0.25, 0.3) is 5.91 Å². The highest BCUT2D eigenvalue weighted by molar-refractivity contribution is 6.06. The number of aromatic nitrogens is 4. The van der Waals surface area contributed by atoms with Crippen molar-refractivity contribution in [1.29, 1.82) is 0 Å². The Bertz CT molecular complexity index is 986. The summed E-state index contributed by atoms with van der Waals surface area (Å²) in [6, 6.07) is 6.42. The smallest absolute Gasteiger partial charge is 0.259 e. The van der Waals surface area contributed by atoms with Crippen LogP contribution in [0.5, 0.6) is 0 Å². The van der Waals surface area contributed by atoms with Gasteiger partial charge >= 0.3 is 0 Å². The lowest BCUT2D eigenvalue weighted by atomic mass is 10.1. The summed E-state index contributed by atoms with van der Waals surface area (Å²) in [7, 11) is 1.81. The molecule has 2 aromatic heterocycles. The van der Waals surface area contributed by atoms with Crippen molar-refractivity contribution < 1.29 is 9.18 Å². The van der Waals surface area contributed by atoms with Gasteiger partial charge in [-0.05, 0) is 45.4 Å². The molecule has 0 bridgehead atoms. The minimum atomic E-state index is -0.278. The zero-order chi connectivity index (χ0) is 19.0. The molecule has 0 aliphatic rings. The van der Waals surface area contributed by atoms with Gasteiger partial charge in [-0.2, -0.15) is 10.2 Å². The summed E-state index contributed by atoms with van der Waals surface area (Å²) in [6.07, 6.45) is 0. The fourth-order valence-corrected chi connectivity index (χ4v) is 3.12. The van der Waals surface area contributed by atoms with E-state index in [-0.39, 0.29) is 11.7 Å². The summed E-state index contributed by atoms with van der Waals surface area (Å²) < 4.78 is 16.9. The molecule has 0 saturated heterocycles. The molecular formula is C19H22FN5O. The lowest BCUT2D eigenvalue weighted by Gasteiger charge is -2.08. The summed E-state index contributed by atoms with van der Waals surface area (Å²) in [5.41, 5.74) is 5.09. The van der Waals surface area contributed by atoms with Gasteiger partial charge in [0, 0.05) is 12.7 Å². The maximum absolute atomic E-state index is 13.4. The van der Waals surface area contributed by atoms with Gasteiger partial charge in [0.05, 0.1) is 34.9 Å². The number of hydrogen-bond acceptors (Lipinski definition) is 3. The average Bonchev–Trinajstić information content (AvgIpc) is 2.97. The van der Waals surface area contributed by atoms with E-state index in [4.69, 9.17) is 0 Å². The summed E-state index contributed by atoms with van der Waals surface area (Å²) in [4.78, 5) is 12.7. The molecule has 0 spiro atoms. The van der Waals surface area contributed by atoms with Crippen molar-refractivity contribution >= 4 is 11.6 Å². The minimum absolute atomic E-state index is 0.204. The first-order chi connectivity index (χ1) is 12.3. The molecule has 136 valence electrons. The van der Waals surface area contributed by atoms with Crippen molar-refractivity contribution in [1.82, 2.24) is 19.6 Å². The van der Waals surface area contributed by atoms with E-state index in [1.54, 1.807) is 15.4 Å². The van der Waals surface area contributed by atoms with Gasteiger partial charge in [0.2, 0.25) is 0 Å². The zero-order valence-electron chi connectivity index (χ0n) is 15.6. The Kier molecular flexibility index (Phi) is 4.63. The first kappa shape index (κ1) is 17.8. The molecule has 6 nitrogen and oxygen atoms in total. The number of hydrogen-bond donors (Lipinski definition) is 1. The number of carbonyl (C=O) groups is 1. The first-order valence-corrected chi connectivity index (χ1v) is 8.38. The molecule has 0 atom stereocenters. The summed E-state index contributed by atoms with van der Waals surface area (Å²) in [5, 5.41) is 11.7. The van der Waals surface area contributed by atoms with E-state index in [1.807, 2.05) is 40.8 Å². The molecule has 7 heteroatoms. The highest BCUT2D eigenvalue weighted by Gasteiger charge is 2.20. The van der Waals surface area contributed by atoms with E-state index >= 15 is 0 Å². The van der Waals surface area contributed by atoms with Crippen LogP contribution in [0.25, 0.3) is 0 Å². The second-order valence-electron chi connectivity index (χ2n) is 6.46. The van der Waals surface area contributed by atoms with Crippen LogP contribution < -0.4 is 5.32 Å². The third kappa shape index (κ3) is 3.24. The van der Waals surface area contributed by atoms with Gasteiger partial charge in [-0.15, -0.1) is 0 Å². The van der Waals surface area contributed by atoms with Crippen molar-refractivity contribution in [2.45, 2.75) is 34.2 Å². The van der Waals surface area contributed by atoms with Crippen molar-refractivity contribution in [2.24, 2.45) is 7.05 Å². The Labute approximate surface area is 151 Å². The standard InChI is InChI=1S/C19H22FN5O/c1-11-17(13(3)24(5)22-11)19(26)21-18-12(2)23-25(14(18)4)10-15-7-6-8-16(20)9-15/h6-9H,10H2,1-5H3,(H,21,26). The predicted molar refractivity (Wildman–Crippen MR) is 97.8 cm³/mol. The molecule has 1 aromatic carbocycles. The van der Waals surface area contributed by atoms with Gasteiger partial charge < -0.3 is 5.32 Å². The molecule has 0 aliphatic heterocycles.